The van der Waals surface area contributed by atoms with Gasteiger partial charge in [-0.15, -0.1) is 0 Å². The Bertz CT molecular complexity index is 2420. The largest absolute Gasteiger partial charge is 0.479 e. The lowest BCUT2D eigenvalue weighted by Gasteiger charge is -2.72. The molecular weight excluding hydrogens is 1100 g/mol. The zero-order chi connectivity index (χ0) is 61.0. The second kappa shape index (κ2) is 23.6. The number of esters is 1. The molecule has 0 amide bonds. The number of carbonyl (C=O) groups excluding carboxylic acids is 2. The van der Waals surface area contributed by atoms with Gasteiger partial charge in [0.15, 0.2) is 31.3 Å². The van der Waals surface area contributed by atoms with Gasteiger partial charge in [0.2, 0.25) is 0 Å². The summed E-state index contributed by atoms with van der Waals surface area (Å²) in [6.45, 7) is 12.7. The lowest BCUT2D eigenvalue weighted by molar-refractivity contribution is -0.398. The maximum atomic E-state index is 14.1. The molecule has 9 aliphatic rings. The van der Waals surface area contributed by atoms with Crippen molar-refractivity contribution in [3.8, 4) is 0 Å². The van der Waals surface area contributed by atoms with Crippen LogP contribution in [-0.2, 0) is 57.0 Å². The Balaban J connectivity index is 1.04. The molecule has 26 heteroatoms. The van der Waals surface area contributed by atoms with Crippen LogP contribution in [0.15, 0.2) is 23.3 Å². The van der Waals surface area contributed by atoms with Crippen LogP contribution in [0.3, 0.4) is 0 Å². The molecule has 30 atom stereocenters. The van der Waals surface area contributed by atoms with Crippen molar-refractivity contribution >= 4 is 18.2 Å². The first kappa shape index (κ1) is 64.7. The van der Waals surface area contributed by atoms with E-state index in [2.05, 4.69) is 26.8 Å². The van der Waals surface area contributed by atoms with Crippen LogP contribution in [0, 0.1) is 50.2 Å². The maximum Gasteiger partial charge on any atom is 0.335 e. The van der Waals surface area contributed by atoms with Gasteiger partial charge in [0.05, 0.1) is 49.5 Å². The van der Waals surface area contributed by atoms with E-state index >= 15 is 0 Å². The Labute approximate surface area is 480 Å². The molecule has 9 rings (SSSR count). The van der Waals surface area contributed by atoms with Crippen molar-refractivity contribution in [1.82, 2.24) is 0 Å². The summed E-state index contributed by atoms with van der Waals surface area (Å²) in [5, 5.41) is 155. The molecule has 26 nitrogen and oxygen atoms in total. The normalized spacial score (nSPS) is 52.6. The number of carboxylic acids is 1. The molecule has 5 aliphatic carbocycles. The second-order valence-electron chi connectivity index (χ2n) is 26.7. The number of ether oxygens (including phenoxy) is 9. The van der Waals surface area contributed by atoms with E-state index in [9.17, 15) is 85.9 Å². The van der Waals surface area contributed by atoms with Crippen LogP contribution in [0.2, 0.25) is 0 Å². The minimum atomic E-state index is -2.27. The molecule has 0 aromatic heterocycles. The molecule has 4 saturated carbocycles. The third-order valence-corrected chi connectivity index (χ3v) is 21.9. The predicted molar refractivity (Wildman–Crippen MR) is 279 cm³/mol. The monoisotopic (exact) mass is 1190 g/mol. The number of aliphatic hydroxyl groups excluding tert-OH is 13. The summed E-state index contributed by atoms with van der Waals surface area (Å²) in [6.07, 6.45) is -32.2. The van der Waals surface area contributed by atoms with Crippen molar-refractivity contribution < 1.29 is 129 Å². The number of fused-ring (bicyclic) bond motifs is 7. The van der Waals surface area contributed by atoms with Gasteiger partial charge in [-0.2, -0.15) is 0 Å². The lowest BCUT2D eigenvalue weighted by atomic mass is 9.33. The Morgan fingerprint density at radius 3 is 1.94 bits per heavy atom. The Morgan fingerprint density at radius 2 is 1.31 bits per heavy atom. The minimum Gasteiger partial charge on any atom is -0.479 e. The molecule has 0 bridgehead atoms. The van der Waals surface area contributed by atoms with E-state index in [1.165, 1.54) is 0 Å². The second-order valence-corrected chi connectivity index (χ2v) is 26.7. The third kappa shape index (κ3) is 10.4. The standard InChI is InChI=1S/C57H88O26/c1-9-23(2)47(74)83-45-44(71)57(22-60)25(16-52(45,3)4)24-10-11-30-53(5)14-13-32(54(6,21-59)29(53)12-15-55(30,7)56(24,8)17-31(57)63)78-51-43(82-49-38(69)36(67)35(66)28(18-58)77-49)40(39(70)41(80-51)46(72)73)79-50-42(34(65)27(62)20-76-50)81-48-37(68)33(64)26(61)19-75-48/h9-10,21,25-45,48-51,58,60-71H,11-20,22H2,1-8H3,(H,72,73)/b23-9+/t25-,26+,27-,28+,29+,30+,31+,32-,33-,34-,35-,36-,37+,38+,39-,40-,41-,42-,43+,44-,45-,48-,49-,50-,51-,53-,54-,55+,56+,57-/m0/s1. The number of hydrogen-bond donors (Lipinski definition) is 14. The Kier molecular flexibility index (Phi) is 18.4. The lowest BCUT2D eigenvalue weighted by Crippen LogP contribution is -2.72. The van der Waals surface area contributed by atoms with Gasteiger partial charge in [-0.1, -0.05) is 59.3 Å². The molecule has 83 heavy (non-hydrogen) atoms. The Hall–Kier alpha value is -2.75. The van der Waals surface area contributed by atoms with Crippen LogP contribution in [0.4, 0.5) is 0 Å². The number of aldehydes is 1. The molecule has 4 heterocycles. The van der Waals surface area contributed by atoms with Crippen molar-refractivity contribution in [3.63, 3.8) is 0 Å². The third-order valence-electron chi connectivity index (χ3n) is 21.9. The fourth-order valence-corrected chi connectivity index (χ4v) is 16.7. The average molecular weight is 1190 g/mol. The number of aliphatic carboxylic acids is 1. The van der Waals surface area contributed by atoms with Crippen LogP contribution in [0.5, 0.6) is 0 Å². The number of carbonyl (C=O) groups is 3. The zero-order valence-electron chi connectivity index (χ0n) is 48.1. The first-order valence-corrected chi connectivity index (χ1v) is 29.0. The van der Waals surface area contributed by atoms with Gasteiger partial charge < -0.3 is 119 Å². The molecule has 8 fully saturated rings. The van der Waals surface area contributed by atoms with E-state index < -0.39 is 218 Å². The van der Waals surface area contributed by atoms with E-state index in [1.54, 1.807) is 26.8 Å². The van der Waals surface area contributed by atoms with E-state index in [-0.39, 0.29) is 18.8 Å². The molecule has 0 aromatic carbocycles. The van der Waals surface area contributed by atoms with Crippen LogP contribution in [0.1, 0.15) is 100 Å². The molecule has 4 saturated heterocycles. The zero-order valence-corrected chi connectivity index (χ0v) is 48.1. The highest BCUT2D eigenvalue weighted by atomic mass is 16.8. The van der Waals surface area contributed by atoms with Crippen molar-refractivity contribution in [1.29, 1.82) is 0 Å². The molecule has 0 spiro atoms. The predicted octanol–water partition coefficient (Wildman–Crippen LogP) is -2.58. The van der Waals surface area contributed by atoms with Gasteiger partial charge in [-0.25, -0.2) is 9.59 Å². The number of aliphatic hydroxyl groups is 13. The quantitative estimate of drug-likeness (QED) is 0.0279. The summed E-state index contributed by atoms with van der Waals surface area (Å²) in [4.78, 5) is 40.4. The first-order chi connectivity index (χ1) is 38.9. The Morgan fingerprint density at radius 1 is 0.687 bits per heavy atom. The van der Waals surface area contributed by atoms with Gasteiger partial charge >= 0.3 is 11.9 Å². The van der Waals surface area contributed by atoms with E-state index in [0.29, 0.717) is 37.7 Å². The molecule has 472 valence electrons. The molecular formula is C57H88O26. The number of allylic oxidation sites excluding steroid dienone is 3. The molecule has 0 aromatic rings. The van der Waals surface area contributed by atoms with Crippen LogP contribution < -0.4 is 0 Å². The van der Waals surface area contributed by atoms with Crippen LogP contribution in [-0.4, -0.2) is 251 Å². The van der Waals surface area contributed by atoms with Gasteiger partial charge in [0.25, 0.3) is 0 Å². The number of carboxylic acid groups (broad SMARTS) is 1. The number of rotatable bonds is 14. The topological polar surface area (TPSA) is 418 Å². The van der Waals surface area contributed by atoms with Crippen molar-refractivity contribution in [3.05, 3.63) is 23.3 Å². The average Bonchev–Trinajstić information content (AvgIpc) is 0.730. The van der Waals surface area contributed by atoms with E-state index in [1.807, 2.05) is 13.8 Å². The first-order valence-electron chi connectivity index (χ1n) is 29.0. The highest BCUT2D eigenvalue weighted by Crippen LogP contribution is 2.76. The maximum absolute atomic E-state index is 14.1. The summed E-state index contributed by atoms with van der Waals surface area (Å²) >= 11 is 0. The van der Waals surface area contributed by atoms with Gasteiger partial charge in [0.1, 0.15) is 97.8 Å². The summed E-state index contributed by atoms with van der Waals surface area (Å²) in [5.41, 5.74) is -4.21. The SMILES string of the molecule is C/C=C(\C)C(=O)O[C@H]1[C@H](O)[C@]2(CO)[C@H](O)C[C@]3(C)C(=CC[C@@H]4[C@@]5(C)CC[C@H](O[C@H]6O[C@H](C(=O)O)[C@@H](O)[C@H](O[C@@H]7OC[C@H](O)[C@H](O)[C@@H]7O[C@@H]7OC[C@@H](O)[C@H](O)[C@H]7O)[C@H]6O[C@@H]6O[C@H](CO)[C@H](O)[C@H](O)[C@H]6O)[C@@](C)(C=O)[C@@H]5CC[C@]43C)[C@@H]2CC1(C)C. The molecule has 0 radical (unpaired) electrons. The van der Waals surface area contributed by atoms with Crippen molar-refractivity contribution in [2.24, 2.45) is 50.2 Å². The summed E-state index contributed by atoms with van der Waals surface area (Å²) in [6, 6.07) is 0. The summed E-state index contributed by atoms with van der Waals surface area (Å²) < 4.78 is 54.1. The van der Waals surface area contributed by atoms with Crippen LogP contribution in [0.25, 0.3) is 0 Å². The van der Waals surface area contributed by atoms with Gasteiger partial charge in [-0.05, 0) is 92.8 Å². The smallest absolute Gasteiger partial charge is 0.335 e. The number of hydrogen-bond acceptors (Lipinski definition) is 25. The van der Waals surface area contributed by atoms with E-state index in [4.69, 9.17) is 42.6 Å². The summed E-state index contributed by atoms with van der Waals surface area (Å²) in [5.74, 6) is -3.45. The fraction of sp³-hybridized carbons (Fsp3) is 0.877. The van der Waals surface area contributed by atoms with Gasteiger partial charge in [0, 0.05) is 11.0 Å². The van der Waals surface area contributed by atoms with Gasteiger partial charge in [-0.3, -0.25) is 0 Å². The molecule has 14 N–H and O–H groups in total. The highest BCUT2D eigenvalue weighted by Gasteiger charge is 2.73. The van der Waals surface area contributed by atoms with Crippen LogP contribution >= 0.6 is 0 Å². The molecule has 0 unspecified atom stereocenters. The fourth-order valence-electron chi connectivity index (χ4n) is 16.7. The van der Waals surface area contributed by atoms with E-state index in [0.717, 1.165) is 11.9 Å². The van der Waals surface area contributed by atoms with Crippen molar-refractivity contribution in [2.75, 3.05) is 26.4 Å². The highest BCUT2D eigenvalue weighted by molar-refractivity contribution is 5.87. The minimum absolute atomic E-state index is 0.128. The molecule has 4 aliphatic heterocycles. The van der Waals surface area contributed by atoms with Crippen molar-refractivity contribution in [2.45, 2.75) is 235 Å². The summed E-state index contributed by atoms with van der Waals surface area (Å²) in [7, 11) is 0.